The van der Waals surface area contributed by atoms with E-state index in [1.54, 1.807) is 61.1 Å². The Morgan fingerprint density at radius 3 is 2.21 bits per heavy atom. The molecule has 2 aromatic carbocycles. The highest BCUT2D eigenvalue weighted by Gasteiger charge is 2.27. The summed E-state index contributed by atoms with van der Waals surface area (Å²) in [4.78, 5) is 24.4. The van der Waals surface area contributed by atoms with Gasteiger partial charge in [0.1, 0.15) is 24.2 Å². The average molecular weight is 460 g/mol. The molecule has 0 saturated carbocycles. The Balaban J connectivity index is 2.28. The van der Waals surface area contributed by atoms with Gasteiger partial charge in [0, 0.05) is 18.4 Å². The third-order valence-electron chi connectivity index (χ3n) is 4.58. The van der Waals surface area contributed by atoms with E-state index in [-0.39, 0.29) is 18.8 Å². The highest BCUT2D eigenvalue weighted by atomic mass is 16.6. The number of nitrogens with one attached hydrogen (secondary N) is 2. The second-order valence-corrected chi connectivity index (χ2v) is 6.81. The third-order valence-corrected chi connectivity index (χ3v) is 4.58. The van der Waals surface area contributed by atoms with Gasteiger partial charge >= 0.3 is 6.09 Å². The molecule has 2 aromatic rings. The maximum absolute atomic E-state index is 12.6. The molecule has 0 saturated heterocycles. The minimum absolute atomic E-state index is 0.123. The number of anilines is 1. The molecule has 0 aliphatic rings. The molecule has 0 aliphatic carbocycles. The van der Waals surface area contributed by atoms with Gasteiger partial charge in [-0.1, -0.05) is 12.1 Å². The maximum atomic E-state index is 12.6. The Morgan fingerprint density at radius 1 is 1.03 bits per heavy atom. The van der Waals surface area contributed by atoms with Gasteiger partial charge in [-0.05, 0) is 55.0 Å². The number of amides is 2. The number of aliphatic hydroxyl groups is 1. The lowest BCUT2D eigenvalue weighted by atomic mass is 10.0. The molecular formula is C23H28N2O8. The minimum Gasteiger partial charge on any atom is -0.497 e. The summed E-state index contributed by atoms with van der Waals surface area (Å²) in [6, 6.07) is 13.4. The predicted molar refractivity (Wildman–Crippen MR) is 119 cm³/mol. The van der Waals surface area contributed by atoms with Crippen LogP contribution in [0.1, 0.15) is 18.6 Å². The van der Waals surface area contributed by atoms with Crippen LogP contribution in [0.25, 0.3) is 0 Å². The van der Waals surface area contributed by atoms with Gasteiger partial charge in [-0.25, -0.2) is 10.3 Å². The monoisotopic (exact) mass is 460 g/mol. The predicted octanol–water partition coefficient (Wildman–Crippen LogP) is 2.82. The third kappa shape index (κ3) is 7.79. The number of methoxy groups -OCH3 is 2. The van der Waals surface area contributed by atoms with Gasteiger partial charge in [-0.15, -0.1) is 0 Å². The van der Waals surface area contributed by atoms with Crippen molar-refractivity contribution in [3.05, 3.63) is 65.7 Å². The van der Waals surface area contributed by atoms with Gasteiger partial charge in [-0.2, -0.15) is 0 Å². The van der Waals surface area contributed by atoms with Gasteiger partial charge in [0.15, 0.2) is 6.10 Å². The van der Waals surface area contributed by atoms with Crippen molar-refractivity contribution in [3.8, 4) is 11.5 Å². The smallest absolute Gasteiger partial charge is 0.412 e. The molecule has 0 spiro atoms. The van der Waals surface area contributed by atoms with Crippen LogP contribution in [0, 0.1) is 0 Å². The topological polar surface area (TPSA) is 136 Å². The first-order valence-electron chi connectivity index (χ1n) is 10.0. The van der Waals surface area contributed by atoms with Crippen LogP contribution < -0.4 is 20.3 Å². The van der Waals surface area contributed by atoms with Crippen LogP contribution in [-0.4, -0.2) is 55.9 Å². The summed E-state index contributed by atoms with van der Waals surface area (Å²) in [5.74, 6) is 0.443. The van der Waals surface area contributed by atoms with Crippen LogP contribution in [0.5, 0.6) is 11.5 Å². The van der Waals surface area contributed by atoms with Crippen molar-refractivity contribution < 1.29 is 38.9 Å². The quantitative estimate of drug-likeness (QED) is 0.228. The summed E-state index contributed by atoms with van der Waals surface area (Å²) in [5.41, 5.74) is 2.78. The summed E-state index contributed by atoms with van der Waals surface area (Å²) in [7, 11) is 2.95. The average Bonchev–Trinajstić information content (AvgIpc) is 2.84. The lowest BCUT2D eigenvalue weighted by molar-refractivity contribution is -0.125. The Bertz CT molecular complexity index is 928. The van der Waals surface area contributed by atoms with E-state index in [1.807, 2.05) is 0 Å². The molecule has 2 atom stereocenters. The van der Waals surface area contributed by atoms with Gasteiger partial charge in [0.2, 0.25) is 0 Å². The zero-order valence-electron chi connectivity index (χ0n) is 18.6. The molecular weight excluding hydrogens is 432 g/mol. The number of aliphatic hydroxyl groups excluding tert-OH is 1. The summed E-state index contributed by atoms with van der Waals surface area (Å²) in [5, 5.41) is 20.4. The van der Waals surface area contributed by atoms with Crippen molar-refractivity contribution in [2.24, 2.45) is 0 Å². The van der Waals surface area contributed by atoms with E-state index >= 15 is 0 Å². The van der Waals surface area contributed by atoms with E-state index < -0.39 is 24.2 Å². The summed E-state index contributed by atoms with van der Waals surface area (Å²) >= 11 is 0. The lowest BCUT2D eigenvalue weighted by Crippen LogP contribution is -2.28. The summed E-state index contributed by atoms with van der Waals surface area (Å²) in [6.07, 6.45) is -1.10. The molecule has 178 valence electrons. The molecule has 4 N–H and O–H groups in total. The molecule has 10 heteroatoms. The number of hydroxylamine groups is 1. The summed E-state index contributed by atoms with van der Waals surface area (Å²) < 4.78 is 21.6. The number of hydrogen-bond donors (Lipinski definition) is 4. The van der Waals surface area contributed by atoms with Crippen molar-refractivity contribution in [3.63, 3.8) is 0 Å². The van der Waals surface area contributed by atoms with Crippen LogP contribution in [0.15, 0.2) is 60.2 Å². The van der Waals surface area contributed by atoms with Gasteiger partial charge in [-0.3, -0.25) is 15.3 Å². The maximum Gasteiger partial charge on any atom is 0.412 e. The zero-order valence-corrected chi connectivity index (χ0v) is 18.6. The van der Waals surface area contributed by atoms with Crippen LogP contribution in [0.2, 0.25) is 0 Å². The molecule has 0 bridgehead atoms. The van der Waals surface area contributed by atoms with E-state index in [9.17, 15) is 9.59 Å². The van der Waals surface area contributed by atoms with Crippen molar-refractivity contribution in [2.45, 2.75) is 19.1 Å². The molecule has 0 heterocycles. The van der Waals surface area contributed by atoms with E-state index in [4.69, 9.17) is 29.3 Å². The van der Waals surface area contributed by atoms with E-state index in [0.717, 1.165) is 0 Å². The van der Waals surface area contributed by atoms with Crippen LogP contribution >= 0.6 is 0 Å². The lowest BCUT2D eigenvalue weighted by Gasteiger charge is -2.25. The Labute approximate surface area is 191 Å². The first-order valence-corrected chi connectivity index (χ1v) is 10.0. The molecule has 2 rings (SSSR count). The second-order valence-electron chi connectivity index (χ2n) is 6.81. The molecule has 2 amide bonds. The Hall–Kier alpha value is -3.60. The molecule has 0 radical (unpaired) electrons. The zero-order chi connectivity index (χ0) is 24.2. The van der Waals surface area contributed by atoms with Gasteiger partial charge in [0.05, 0.1) is 13.7 Å². The van der Waals surface area contributed by atoms with E-state index in [0.29, 0.717) is 22.7 Å². The fourth-order valence-electron chi connectivity index (χ4n) is 2.87. The first kappa shape index (κ1) is 25.7. The van der Waals surface area contributed by atoms with Crippen molar-refractivity contribution in [1.82, 2.24) is 5.48 Å². The summed E-state index contributed by atoms with van der Waals surface area (Å²) in [6.45, 7) is 1.50. The number of hydrogen-bond acceptors (Lipinski definition) is 8. The van der Waals surface area contributed by atoms with Crippen LogP contribution in [0.4, 0.5) is 10.5 Å². The number of carbonyl (C=O) groups excluding carboxylic acids is 2. The van der Waals surface area contributed by atoms with Crippen molar-refractivity contribution in [2.75, 3.05) is 32.8 Å². The number of rotatable bonds is 11. The fourth-order valence-corrected chi connectivity index (χ4v) is 2.87. The highest BCUT2D eigenvalue weighted by molar-refractivity contribution is 5.92. The largest absolute Gasteiger partial charge is 0.497 e. The first-order chi connectivity index (χ1) is 15.9. The molecule has 0 unspecified atom stereocenters. The van der Waals surface area contributed by atoms with Gasteiger partial charge in [0.25, 0.3) is 5.91 Å². The van der Waals surface area contributed by atoms with E-state index in [1.165, 1.54) is 20.1 Å². The molecule has 33 heavy (non-hydrogen) atoms. The van der Waals surface area contributed by atoms with Crippen molar-refractivity contribution in [1.29, 1.82) is 0 Å². The fraction of sp³-hybridized carbons (Fsp3) is 0.304. The number of carbonyl (C=O) groups is 2. The SMILES string of the molecule is COc1ccc(NC(=O)O[C@@H](c2ccc(OCCO)cc2)[C@H](/C=C(\C)C(=O)NO)OC)cc1. The molecule has 0 aliphatic heterocycles. The standard InChI is InChI=1S/C23H28N2O8/c1-15(22(27)25-29)14-20(31-3)21(16-4-8-19(9-5-16)32-13-12-26)33-23(28)24-17-6-10-18(30-2)11-7-17/h4-11,14,20-21,26,29H,12-13H2,1-3H3,(H,24,28)(H,25,27)/b15-14+/t20-,21-/m0/s1. The van der Waals surface area contributed by atoms with Crippen LogP contribution in [0.3, 0.4) is 0 Å². The Morgan fingerprint density at radius 2 is 1.67 bits per heavy atom. The normalized spacial score (nSPS) is 12.9. The van der Waals surface area contributed by atoms with E-state index in [2.05, 4.69) is 5.32 Å². The number of ether oxygens (including phenoxy) is 4. The molecule has 0 fully saturated rings. The van der Waals surface area contributed by atoms with Crippen LogP contribution in [-0.2, 0) is 14.3 Å². The highest BCUT2D eigenvalue weighted by Crippen LogP contribution is 2.28. The molecule has 10 nitrogen and oxygen atoms in total. The molecule has 0 aromatic heterocycles. The van der Waals surface area contributed by atoms with Crippen molar-refractivity contribution >= 4 is 17.7 Å². The van der Waals surface area contributed by atoms with Gasteiger partial charge < -0.3 is 24.1 Å². The minimum atomic E-state index is -0.943. The number of benzene rings is 2. The Kier molecular flexibility index (Phi) is 10.2. The second kappa shape index (κ2) is 13.1.